The molecule has 0 amide bonds. The average molecular weight is 517 g/mol. The quantitative estimate of drug-likeness (QED) is 0.316. The van der Waals surface area contributed by atoms with Crippen molar-refractivity contribution in [1.82, 2.24) is 4.90 Å². The number of ether oxygens (including phenoxy) is 4. The number of hydrogen-bond acceptors (Lipinski definition) is 8. The number of aliphatic carboxylic acids is 2. The molecule has 0 spiro atoms. The monoisotopic (exact) mass is 516 g/mol. The first kappa shape index (κ1) is 28.1. The largest absolute Gasteiger partial charge is 0.494 e. The van der Waals surface area contributed by atoms with Crippen molar-refractivity contribution < 1.29 is 38.7 Å². The fourth-order valence-corrected chi connectivity index (χ4v) is 4.18. The Labute approximate surface area is 216 Å². The predicted molar refractivity (Wildman–Crippen MR) is 136 cm³/mol. The lowest BCUT2D eigenvalue weighted by atomic mass is 10.0. The number of nitrogens with zero attached hydrogens (tertiary/aromatic N) is 1. The molecule has 1 fully saturated rings. The lowest BCUT2D eigenvalue weighted by Crippen LogP contribution is -2.31. The minimum atomic E-state index is -1.82. The van der Waals surface area contributed by atoms with Crippen molar-refractivity contribution in [3.63, 3.8) is 0 Å². The van der Waals surface area contributed by atoms with Crippen LogP contribution in [0.3, 0.4) is 0 Å². The molecule has 0 radical (unpaired) electrons. The lowest BCUT2D eigenvalue weighted by molar-refractivity contribution is -0.159. The predicted octanol–water partition coefficient (Wildman–Crippen LogP) is 3.68. The first-order valence-corrected chi connectivity index (χ1v) is 12.6. The van der Waals surface area contributed by atoms with Crippen molar-refractivity contribution in [3.8, 4) is 23.0 Å². The van der Waals surface area contributed by atoms with E-state index < -0.39 is 11.9 Å². The van der Waals surface area contributed by atoms with Crippen molar-refractivity contribution in [3.05, 3.63) is 48.0 Å². The number of nitrogens with two attached hydrogens (primary N) is 1. The lowest BCUT2D eigenvalue weighted by Gasteiger charge is -2.26. The first-order chi connectivity index (χ1) is 17.8. The van der Waals surface area contributed by atoms with Crippen LogP contribution in [0.25, 0.3) is 0 Å². The Hall–Kier alpha value is -3.50. The molecule has 2 aromatic carbocycles. The van der Waals surface area contributed by atoms with E-state index in [0.717, 1.165) is 30.9 Å². The summed E-state index contributed by atoms with van der Waals surface area (Å²) in [6, 6.07) is 13.9. The van der Waals surface area contributed by atoms with Gasteiger partial charge in [-0.15, -0.1) is 0 Å². The molecule has 0 bridgehead atoms. The summed E-state index contributed by atoms with van der Waals surface area (Å²) in [5.74, 6) is -0.709. The minimum absolute atomic E-state index is 0.00430. The SMILES string of the molecule is CC(N)CC(Oc1cccc2c1OCO2)c1ccc(OCCCN2CCCCC2)cc1.O=C(O)C(=O)O. The second-order valence-electron chi connectivity index (χ2n) is 9.09. The summed E-state index contributed by atoms with van der Waals surface area (Å²) in [6.45, 7) is 6.54. The highest BCUT2D eigenvalue weighted by Gasteiger charge is 2.23. The van der Waals surface area contributed by atoms with Gasteiger partial charge in [0.25, 0.3) is 0 Å². The van der Waals surface area contributed by atoms with Gasteiger partial charge < -0.3 is 39.8 Å². The summed E-state index contributed by atoms with van der Waals surface area (Å²) < 4.78 is 23.3. The summed E-state index contributed by atoms with van der Waals surface area (Å²) in [7, 11) is 0. The van der Waals surface area contributed by atoms with Crippen LogP contribution in [-0.4, -0.2) is 66.1 Å². The zero-order valence-electron chi connectivity index (χ0n) is 21.1. The number of piperidine rings is 1. The van der Waals surface area contributed by atoms with Crippen molar-refractivity contribution in [2.45, 2.75) is 51.2 Å². The van der Waals surface area contributed by atoms with Crippen molar-refractivity contribution in [2.24, 2.45) is 5.73 Å². The number of para-hydroxylation sites is 1. The number of carboxylic acids is 2. The van der Waals surface area contributed by atoms with E-state index in [2.05, 4.69) is 17.0 Å². The van der Waals surface area contributed by atoms with Gasteiger partial charge in [-0.25, -0.2) is 9.59 Å². The molecule has 202 valence electrons. The fourth-order valence-electron chi connectivity index (χ4n) is 4.18. The second kappa shape index (κ2) is 14.3. The molecule has 2 unspecified atom stereocenters. The number of carboxylic acid groups (broad SMARTS) is 2. The molecular formula is C27H36N2O8. The zero-order chi connectivity index (χ0) is 26.6. The van der Waals surface area contributed by atoms with Gasteiger partial charge in [0.15, 0.2) is 11.5 Å². The van der Waals surface area contributed by atoms with E-state index in [4.69, 9.17) is 44.5 Å². The molecule has 0 aromatic heterocycles. The van der Waals surface area contributed by atoms with E-state index in [-0.39, 0.29) is 18.9 Å². The number of fused-ring (bicyclic) bond motifs is 1. The van der Waals surface area contributed by atoms with Gasteiger partial charge in [0.05, 0.1) is 6.61 Å². The number of rotatable bonds is 10. The molecule has 10 nitrogen and oxygen atoms in total. The zero-order valence-corrected chi connectivity index (χ0v) is 21.1. The number of hydrogen-bond donors (Lipinski definition) is 3. The number of carbonyl (C=O) groups is 2. The molecule has 2 heterocycles. The Morgan fingerprint density at radius 2 is 1.73 bits per heavy atom. The van der Waals surface area contributed by atoms with Gasteiger partial charge >= 0.3 is 11.9 Å². The van der Waals surface area contributed by atoms with Crippen LogP contribution in [0.2, 0.25) is 0 Å². The third kappa shape index (κ3) is 9.14. The van der Waals surface area contributed by atoms with Crippen molar-refractivity contribution >= 4 is 11.9 Å². The summed E-state index contributed by atoms with van der Waals surface area (Å²) in [6.07, 6.45) is 5.61. The van der Waals surface area contributed by atoms with Crippen molar-refractivity contribution in [1.29, 1.82) is 0 Å². The van der Waals surface area contributed by atoms with E-state index in [1.165, 1.54) is 32.4 Å². The first-order valence-electron chi connectivity index (χ1n) is 12.6. The van der Waals surface area contributed by atoms with Gasteiger partial charge in [-0.05, 0) is 69.1 Å². The minimum Gasteiger partial charge on any atom is -0.494 e. The van der Waals surface area contributed by atoms with Crippen LogP contribution in [0.5, 0.6) is 23.0 Å². The molecule has 2 aliphatic rings. The molecule has 0 saturated carbocycles. The Balaban J connectivity index is 0.000000568. The molecule has 4 rings (SSSR count). The summed E-state index contributed by atoms with van der Waals surface area (Å²) in [5.41, 5.74) is 7.17. The van der Waals surface area contributed by atoms with Gasteiger partial charge in [-0.2, -0.15) is 0 Å². The highest BCUT2D eigenvalue weighted by Crippen LogP contribution is 2.42. The second-order valence-corrected chi connectivity index (χ2v) is 9.09. The van der Waals surface area contributed by atoms with Crippen LogP contribution in [-0.2, 0) is 9.59 Å². The highest BCUT2D eigenvalue weighted by atomic mass is 16.7. The molecule has 4 N–H and O–H groups in total. The highest BCUT2D eigenvalue weighted by molar-refractivity contribution is 6.27. The Morgan fingerprint density at radius 1 is 1.03 bits per heavy atom. The van der Waals surface area contributed by atoms with Crippen molar-refractivity contribution in [2.75, 3.05) is 33.0 Å². The van der Waals surface area contributed by atoms with Crippen LogP contribution in [0.4, 0.5) is 0 Å². The maximum atomic E-state index is 9.10. The van der Waals surface area contributed by atoms with Crippen LogP contribution in [0.1, 0.15) is 50.7 Å². The molecular weight excluding hydrogens is 480 g/mol. The van der Waals surface area contributed by atoms with E-state index in [0.29, 0.717) is 23.7 Å². The molecule has 2 aliphatic heterocycles. The average Bonchev–Trinajstić information content (AvgIpc) is 3.37. The van der Waals surface area contributed by atoms with E-state index in [1.54, 1.807) is 0 Å². The van der Waals surface area contributed by atoms with E-state index in [9.17, 15) is 0 Å². The molecule has 10 heteroatoms. The maximum absolute atomic E-state index is 9.10. The number of benzene rings is 2. The maximum Gasteiger partial charge on any atom is 0.414 e. The number of likely N-dealkylation sites (tertiary alicyclic amines) is 1. The smallest absolute Gasteiger partial charge is 0.414 e. The topological polar surface area (TPSA) is 141 Å². The Morgan fingerprint density at radius 3 is 2.38 bits per heavy atom. The van der Waals surface area contributed by atoms with Gasteiger partial charge in [-0.3, -0.25) is 0 Å². The normalized spacial score (nSPS) is 16.2. The summed E-state index contributed by atoms with van der Waals surface area (Å²) >= 11 is 0. The van der Waals surface area contributed by atoms with Crippen LogP contribution in [0, 0.1) is 0 Å². The van der Waals surface area contributed by atoms with Crippen LogP contribution < -0.4 is 24.7 Å². The van der Waals surface area contributed by atoms with Gasteiger partial charge in [0.1, 0.15) is 11.9 Å². The van der Waals surface area contributed by atoms with Crippen LogP contribution >= 0.6 is 0 Å². The third-order valence-corrected chi connectivity index (χ3v) is 5.99. The van der Waals surface area contributed by atoms with E-state index >= 15 is 0 Å². The summed E-state index contributed by atoms with van der Waals surface area (Å²) in [4.78, 5) is 20.7. The molecule has 2 atom stereocenters. The van der Waals surface area contributed by atoms with Gasteiger partial charge in [-0.1, -0.05) is 24.6 Å². The molecule has 37 heavy (non-hydrogen) atoms. The van der Waals surface area contributed by atoms with Gasteiger partial charge in [0, 0.05) is 19.0 Å². The molecule has 1 saturated heterocycles. The summed E-state index contributed by atoms with van der Waals surface area (Å²) in [5, 5.41) is 14.8. The van der Waals surface area contributed by atoms with E-state index in [1.807, 2.05) is 37.3 Å². The van der Waals surface area contributed by atoms with Crippen LogP contribution in [0.15, 0.2) is 42.5 Å². The van der Waals surface area contributed by atoms with Gasteiger partial charge in [0.2, 0.25) is 12.5 Å². The standard InChI is InChI=1S/C25H34N2O4.C2H2O4/c1-19(26)17-24(31-23-8-5-7-22-25(23)30-18-29-22)20-9-11-21(12-10-20)28-16-6-15-27-13-3-2-4-14-27;3-1(4)2(5)6/h5,7-12,19,24H,2-4,6,13-18,26H2,1H3;(H,3,4)(H,5,6). The third-order valence-electron chi connectivity index (χ3n) is 5.99. The fraction of sp³-hybridized carbons (Fsp3) is 0.481. The Kier molecular flexibility index (Phi) is 10.8. The molecule has 0 aliphatic carbocycles. The Bertz CT molecular complexity index is 994. The molecule has 2 aromatic rings.